The minimum atomic E-state index is -1.15. The second kappa shape index (κ2) is 11.2. The number of aromatic carboxylic acids is 1. The number of benzene rings is 4. The minimum absolute atomic E-state index is 0.0386. The third-order valence-corrected chi connectivity index (χ3v) is 6.78. The molecule has 0 fully saturated rings. The Balaban J connectivity index is 1.55. The number of para-hydroxylation sites is 1. The first-order chi connectivity index (χ1) is 17.8. The lowest BCUT2D eigenvalue weighted by atomic mass is 9.75. The fourth-order valence-electron chi connectivity index (χ4n) is 4.44. The Bertz CT molecular complexity index is 1330. The molecule has 0 saturated carbocycles. The van der Waals surface area contributed by atoms with Crippen LogP contribution in [0, 0.1) is 0 Å². The molecule has 37 heavy (non-hydrogen) atoms. The summed E-state index contributed by atoms with van der Waals surface area (Å²) in [5.74, 6) is 0.104. The van der Waals surface area contributed by atoms with E-state index in [0.29, 0.717) is 24.5 Å². The molecule has 4 aromatic rings. The molecule has 0 heterocycles. The van der Waals surface area contributed by atoms with Gasteiger partial charge in [0, 0.05) is 16.9 Å². The standard InChI is InChI=1S/C32H32O5/c1-22(23-10-6-4-7-11-23)24-20-28(31(34)35)30(33)29(21-24)32(2,3)25-14-16-27(17-15-25)37-19-18-36-26-12-8-5-9-13-26/h4-17,20-22,33H,18-19H2,1-3H3,(H,34,35). The van der Waals surface area contributed by atoms with Crippen LogP contribution in [0.25, 0.3) is 0 Å². The summed E-state index contributed by atoms with van der Waals surface area (Å²) in [7, 11) is 0. The van der Waals surface area contributed by atoms with Crippen molar-refractivity contribution in [3.05, 3.63) is 125 Å². The van der Waals surface area contributed by atoms with E-state index in [9.17, 15) is 15.0 Å². The number of carbonyl (C=O) groups is 1. The lowest BCUT2D eigenvalue weighted by Gasteiger charge is -2.29. The molecule has 0 aliphatic rings. The van der Waals surface area contributed by atoms with Crippen molar-refractivity contribution in [3.63, 3.8) is 0 Å². The zero-order valence-electron chi connectivity index (χ0n) is 21.3. The first kappa shape index (κ1) is 25.8. The first-order valence-corrected chi connectivity index (χ1v) is 12.3. The van der Waals surface area contributed by atoms with Gasteiger partial charge >= 0.3 is 5.97 Å². The molecule has 0 amide bonds. The van der Waals surface area contributed by atoms with Gasteiger partial charge in [-0.3, -0.25) is 0 Å². The van der Waals surface area contributed by atoms with Gasteiger partial charge in [0.1, 0.15) is 36.0 Å². The van der Waals surface area contributed by atoms with Crippen molar-refractivity contribution in [1.29, 1.82) is 0 Å². The Morgan fingerprint density at radius 2 is 1.32 bits per heavy atom. The van der Waals surface area contributed by atoms with Crippen molar-refractivity contribution < 1.29 is 24.5 Å². The Hall–Kier alpha value is -4.25. The summed E-state index contributed by atoms with van der Waals surface area (Å²) in [5.41, 5.74) is 2.65. The van der Waals surface area contributed by atoms with Crippen LogP contribution in [0.5, 0.6) is 17.2 Å². The number of rotatable bonds is 10. The summed E-state index contributed by atoms with van der Waals surface area (Å²) in [6.45, 7) is 6.83. The zero-order chi connectivity index (χ0) is 26.4. The van der Waals surface area contributed by atoms with E-state index in [4.69, 9.17) is 9.47 Å². The van der Waals surface area contributed by atoms with Gasteiger partial charge in [-0.05, 0) is 47.0 Å². The minimum Gasteiger partial charge on any atom is -0.507 e. The van der Waals surface area contributed by atoms with Crippen LogP contribution in [0.4, 0.5) is 0 Å². The summed E-state index contributed by atoms with van der Waals surface area (Å²) in [4.78, 5) is 12.0. The van der Waals surface area contributed by atoms with Gasteiger partial charge in [-0.25, -0.2) is 4.79 Å². The van der Waals surface area contributed by atoms with Crippen molar-refractivity contribution in [1.82, 2.24) is 0 Å². The fourth-order valence-corrected chi connectivity index (χ4v) is 4.44. The second-order valence-corrected chi connectivity index (χ2v) is 9.56. The van der Waals surface area contributed by atoms with Crippen molar-refractivity contribution in [3.8, 4) is 17.2 Å². The van der Waals surface area contributed by atoms with Crippen LogP contribution >= 0.6 is 0 Å². The largest absolute Gasteiger partial charge is 0.507 e. The maximum atomic E-state index is 12.0. The highest BCUT2D eigenvalue weighted by Crippen LogP contribution is 2.41. The first-order valence-electron chi connectivity index (χ1n) is 12.3. The maximum Gasteiger partial charge on any atom is 0.339 e. The molecular formula is C32H32O5. The third-order valence-electron chi connectivity index (χ3n) is 6.78. The molecule has 0 aliphatic heterocycles. The summed E-state index contributed by atoms with van der Waals surface area (Å²) in [6.07, 6.45) is 0. The van der Waals surface area contributed by atoms with Gasteiger partial charge in [0.15, 0.2) is 0 Å². The van der Waals surface area contributed by atoms with E-state index in [-0.39, 0.29) is 17.2 Å². The molecule has 1 atom stereocenters. The number of carboxylic acid groups (broad SMARTS) is 1. The molecule has 0 aliphatic carbocycles. The molecule has 5 heteroatoms. The average molecular weight is 497 g/mol. The molecule has 0 spiro atoms. The number of aromatic hydroxyl groups is 1. The predicted octanol–water partition coefficient (Wildman–Crippen LogP) is 7.03. The molecule has 190 valence electrons. The van der Waals surface area contributed by atoms with E-state index in [1.807, 2.05) is 112 Å². The Morgan fingerprint density at radius 1 is 0.784 bits per heavy atom. The van der Waals surface area contributed by atoms with Gasteiger partial charge < -0.3 is 19.7 Å². The molecule has 0 bridgehead atoms. The van der Waals surface area contributed by atoms with Crippen molar-refractivity contribution in [2.75, 3.05) is 13.2 Å². The molecule has 4 aromatic carbocycles. The Labute approximate surface area is 217 Å². The lowest BCUT2D eigenvalue weighted by Crippen LogP contribution is -2.21. The van der Waals surface area contributed by atoms with Gasteiger partial charge in [0.05, 0.1) is 0 Å². The second-order valence-electron chi connectivity index (χ2n) is 9.56. The summed E-state index contributed by atoms with van der Waals surface area (Å²) >= 11 is 0. The number of carboxylic acids is 1. The van der Waals surface area contributed by atoms with Crippen LogP contribution < -0.4 is 9.47 Å². The monoisotopic (exact) mass is 496 g/mol. The van der Waals surface area contributed by atoms with E-state index in [1.165, 1.54) is 0 Å². The fraction of sp³-hybridized carbons (Fsp3) is 0.219. The lowest BCUT2D eigenvalue weighted by molar-refractivity contribution is 0.0693. The Morgan fingerprint density at radius 3 is 1.89 bits per heavy atom. The molecule has 1 unspecified atom stereocenters. The molecular weight excluding hydrogens is 464 g/mol. The molecule has 5 nitrogen and oxygen atoms in total. The van der Waals surface area contributed by atoms with Crippen LogP contribution in [0.3, 0.4) is 0 Å². The van der Waals surface area contributed by atoms with Crippen LogP contribution in [0.15, 0.2) is 97.1 Å². The van der Waals surface area contributed by atoms with Crippen LogP contribution in [-0.2, 0) is 5.41 Å². The smallest absolute Gasteiger partial charge is 0.339 e. The number of hydrogen-bond donors (Lipinski definition) is 2. The summed E-state index contributed by atoms with van der Waals surface area (Å²) in [5, 5.41) is 20.8. The number of ether oxygens (including phenoxy) is 2. The highest BCUT2D eigenvalue weighted by molar-refractivity contribution is 5.92. The highest BCUT2D eigenvalue weighted by atomic mass is 16.5. The molecule has 0 radical (unpaired) electrons. The highest BCUT2D eigenvalue weighted by Gasteiger charge is 2.30. The van der Waals surface area contributed by atoms with Crippen molar-refractivity contribution in [2.45, 2.75) is 32.1 Å². The third kappa shape index (κ3) is 5.95. The number of phenols is 1. The average Bonchev–Trinajstić information content (AvgIpc) is 2.92. The van der Waals surface area contributed by atoms with Gasteiger partial charge in [0.2, 0.25) is 0 Å². The molecule has 0 aromatic heterocycles. The molecule has 0 saturated heterocycles. The van der Waals surface area contributed by atoms with E-state index < -0.39 is 11.4 Å². The van der Waals surface area contributed by atoms with Crippen LogP contribution in [0.2, 0.25) is 0 Å². The predicted molar refractivity (Wildman–Crippen MR) is 145 cm³/mol. The maximum absolute atomic E-state index is 12.0. The van der Waals surface area contributed by atoms with E-state index in [2.05, 4.69) is 0 Å². The number of hydrogen-bond acceptors (Lipinski definition) is 4. The molecule has 4 rings (SSSR count). The van der Waals surface area contributed by atoms with Gasteiger partial charge in [-0.15, -0.1) is 0 Å². The SMILES string of the molecule is CC(c1ccccc1)c1cc(C(=O)O)c(O)c(C(C)(C)c2ccc(OCCOc3ccccc3)cc2)c1. The summed E-state index contributed by atoms with van der Waals surface area (Å²) < 4.78 is 11.5. The van der Waals surface area contributed by atoms with E-state index in [0.717, 1.165) is 22.4 Å². The normalized spacial score (nSPS) is 12.1. The van der Waals surface area contributed by atoms with Gasteiger partial charge in [-0.1, -0.05) is 87.5 Å². The van der Waals surface area contributed by atoms with Gasteiger partial charge in [-0.2, -0.15) is 0 Å². The van der Waals surface area contributed by atoms with Crippen molar-refractivity contribution in [2.24, 2.45) is 0 Å². The van der Waals surface area contributed by atoms with Crippen molar-refractivity contribution >= 4 is 5.97 Å². The molecule has 2 N–H and O–H groups in total. The zero-order valence-corrected chi connectivity index (χ0v) is 21.3. The summed E-state index contributed by atoms with van der Waals surface area (Å²) in [6, 6.07) is 30.7. The quantitative estimate of drug-likeness (QED) is 0.231. The Kier molecular flexibility index (Phi) is 7.83. The van der Waals surface area contributed by atoms with Crippen LogP contribution in [-0.4, -0.2) is 29.4 Å². The van der Waals surface area contributed by atoms with Crippen LogP contribution in [0.1, 0.15) is 59.3 Å². The van der Waals surface area contributed by atoms with E-state index in [1.54, 1.807) is 6.07 Å². The van der Waals surface area contributed by atoms with Gasteiger partial charge in [0.25, 0.3) is 0 Å². The van der Waals surface area contributed by atoms with E-state index >= 15 is 0 Å². The topological polar surface area (TPSA) is 76.0 Å².